The maximum atomic E-state index is 9.10. The molecule has 0 saturated heterocycles. The molecule has 0 radical (unpaired) electrons. The highest BCUT2D eigenvalue weighted by Gasteiger charge is 2.37. The molecule has 1 aromatic carbocycles. The zero-order valence-electron chi connectivity index (χ0n) is 13.9. The minimum absolute atomic E-state index is 0.0731. The first-order valence-corrected chi connectivity index (χ1v) is 8.52. The summed E-state index contributed by atoms with van der Waals surface area (Å²) >= 11 is 0. The van der Waals surface area contributed by atoms with Crippen LogP contribution in [0, 0.1) is 0 Å². The molecule has 26 heavy (non-hydrogen) atoms. The normalized spacial score (nSPS) is 24.7. The number of aryl methyl sites for hydroxylation is 1. The second-order valence-electron chi connectivity index (χ2n) is 6.48. The molecule has 0 spiro atoms. The van der Waals surface area contributed by atoms with Crippen LogP contribution in [0.4, 0.5) is 5.69 Å². The summed E-state index contributed by atoms with van der Waals surface area (Å²) in [6.07, 6.45) is 10.4. The summed E-state index contributed by atoms with van der Waals surface area (Å²) in [6, 6.07) is 7.99. The average Bonchev–Trinajstić information content (AvgIpc) is 3.40. The smallest absolute Gasteiger partial charge is 0.148 e. The van der Waals surface area contributed by atoms with E-state index in [1.165, 1.54) is 5.56 Å². The van der Waals surface area contributed by atoms with Crippen LogP contribution in [0.5, 0.6) is 0 Å². The lowest BCUT2D eigenvalue weighted by Crippen LogP contribution is -2.40. The van der Waals surface area contributed by atoms with Crippen molar-refractivity contribution in [3.05, 3.63) is 65.9 Å². The van der Waals surface area contributed by atoms with E-state index in [4.69, 9.17) is 14.6 Å². The molecule has 3 heterocycles. The molecule has 7 heteroatoms. The van der Waals surface area contributed by atoms with E-state index in [0.29, 0.717) is 0 Å². The Morgan fingerprint density at radius 1 is 1.27 bits per heavy atom. The highest BCUT2D eigenvalue weighted by atomic mass is 16.4. The first kappa shape index (κ1) is 14.9. The molecule has 0 saturated carbocycles. The van der Waals surface area contributed by atoms with Crippen LogP contribution < -0.4 is 5.32 Å². The van der Waals surface area contributed by atoms with Gasteiger partial charge in [0.25, 0.3) is 0 Å². The molecule has 130 valence electrons. The quantitative estimate of drug-likeness (QED) is 0.660. The van der Waals surface area contributed by atoms with Crippen molar-refractivity contribution in [1.82, 2.24) is 4.90 Å². The van der Waals surface area contributed by atoms with Gasteiger partial charge in [-0.2, -0.15) is 0 Å². The number of aliphatic imine (C=N–C) groups is 2. The summed E-state index contributed by atoms with van der Waals surface area (Å²) in [5.74, 6) is 0.826. The summed E-state index contributed by atoms with van der Waals surface area (Å²) in [5, 5.41) is 16.1. The van der Waals surface area contributed by atoms with Crippen LogP contribution in [-0.2, 0) is 6.42 Å². The maximum Gasteiger partial charge on any atom is 0.148 e. The SMILES string of the molecule is O/N=C1\CCc2cc(NC3C(c4ccoc4)N=C4C=NC=CN43)ccc21. The van der Waals surface area contributed by atoms with Crippen LogP contribution >= 0.6 is 0 Å². The van der Waals surface area contributed by atoms with E-state index in [0.717, 1.165) is 41.2 Å². The fraction of sp³-hybridized carbons (Fsp3) is 0.211. The monoisotopic (exact) mass is 347 g/mol. The largest absolute Gasteiger partial charge is 0.472 e. The Balaban J connectivity index is 1.47. The lowest BCUT2D eigenvalue weighted by atomic mass is 10.1. The second-order valence-corrected chi connectivity index (χ2v) is 6.48. The van der Waals surface area contributed by atoms with Crippen molar-refractivity contribution in [3.63, 3.8) is 0 Å². The number of oxime groups is 1. The van der Waals surface area contributed by atoms with Crippen molar-refractivity contribution in [2.75, 3.05) is 5.32 Å². The molecule has 2 aliphatic heterocycles. The molecular formula is C19H17N5O2. The fourth-order valence-corrected chi connectivity index (χ4v) is 3.75. The van der Waals surface area contributed by atoms with Crippen molar-refractivity contribution in [3.8, 4) is 0 Å². The second kappa shape index (κ2) is 5.87. The highest BCUT2D eigenvalue weighted by Crippen LogP contribution is 2.34. The molecule has 0 bridgehead atoms. The number of nitrogens with zero attached hydrogens (tertiary/aromatic N) is 4. The minimum atomic E-state index is -0.0965. The first-order chi connectivity index (χ1) is 12.8. The summed E-state index contributed by atoms with van der Waals surface area (Å²) in [4.78, 5) is 11.1. The van der Waals surface area contributed by atoms with E-state index >= 15 is 0 Å². The Kier molecular flexibility index (Phi) is 3.38. The van der Waals surface area contributed by atoms with Crippen molar-refractivity contribution >= 4 is 23.4 Å². The molecular weight excluding hydrogens is 330 g/mol. The fourth-order valence-electron chi connectivity index (χ4n) is 3.75. The van der Waals surface area contributed by atoms with Gasteiger partial charge in [0.15, 0.2) is 0 Å². The van der Waals surface area contributed by atoms with Crippen molar-refractivity contribution < 1.29 is 9.62 Å². The molecule has 3 aliphatic rings. The summed E-state index contributed by atoms with van der Waals surface area (Å²) in [5.41, 5.74) is 5.00. The Labute approximate surface area is 150 Å². The maximum absolute atomic E-state index is 9.10. The number of rotatable bonds is 3. The van der Waals surface area contributed by atoms with E-state index in [1.54, 1.807) is 24.9 Å². The van der Waals surface area contributed by atoms with Gasteiger partial charge >= 0.3 is 0 Å². The third-order valence-electron chi connectivity index (χ3n) is 5.01. The van der Waals surface area contributed by atoms with E-state index < -0.39 is 0 Å². The Morgan fingerprint density at radius 2 is 2.23 bits per heavy atom. The van der Waals surface area contributed by atoms with Gasteiger partial charge < -0.3 is 19.8 Å². The van der Waals surface area contributed by atoms with E-state index in [2.05, 4.69) is 26.4 Å². The van der Waals surface area contributed by atoms with Crippen LogP contribution in [0.25, 0.3) is 0 Å². The number of furan rings is 1. The number of fused-ring (bicyclic) bond motifs is 2. The number of benzene rings is 1. The Morgan fingerprint density at radius 3 is 3.08 bits per heavy atom. The van der Waals surface area contributed by atoms with Gasteiger partial charge in [-0.3, -0.25) is 9.98 Å². The predicted octanol–water partition coefficient (Wildman–Crippen LogP) is 3.15. The van der Waals surface area contributed by atoms with Crippen molar-refractivity contribution in [2.24, 2.45) is 15.1 Å². The van der Waals surface area contributed by atoms with Gasteiger partial charge in [0.05, 0.1) is 24.5 Å². The Bertz CT molecular complexity index is 958. The summed E-state index contributed by atoms with van der Waals surface area (Å²) in [7, 11) is 0. The van der Waals surface area contributed by atoms with Gasteiger partial charge in [0.1, 0.15) is 18.0 Å². The zero-order valence-corrected chi connectivity index (χ0v) is 13.9. The minimum Gasteiger partial charge on any atom is -0.472 e. The molecule has 2 unspecified atom stereocenters. The van der Waals surface area contributed by atoms with Gasteiger partial charge in [0, 0.05) is 29.2 Å². The molecule has 1 aliphatic carbocycles. The molecule has 0 fully saturated rings. The van der Waals surface area contributed by atoms with Gasteiger partial charge in [-0.15, -0.1) is 0 Å². The predicted molar refractivity (Wildman–Crippen MR) is 98.9 cm³/mol. The number of hydrogen-bond acceptors (Lipinski definition) is 7. The van der Waals surface area contributed by atoms with E-state index in [-0.39, 0.29) is 12.2 Å². The van der Waals surface area contributed by atoms with E-state index in [9.17, 15) is 0 Å². The average molecular weight is 347 g/mol. The van der Waals surface area contributed by atoms with Gasteiger partial charge in [-0.25, -0.2) is 0 Å². The standard InChI is InChI=1S/C19H17N5O2/c25-23-16-4-1-12-9-14(2-3-15(12)16)21-19-18(13-5-8-26-11-13)22-17-10-20-6-7-24(17)19/h2-3,5-11,18-19,21,25H,1,4H2/b23-16+. The van der Waals surface area contributed by atoms with Crippen molar-refractivity contribution in [2.45, 2.75) is 25.0 Å². The van der Waals surface area contributed by atoms with Crippen LogP contribution in [0.15, 0.2) is 68.7 Å². The third kappa shape index (κ3) is 2.32. The van der Waals surface area contributed by atoms with Crippen LogP contribution in [0.2, 0.25) is 0 Å². The van der Waals surface area contributed by atoms with Crippen molar-refractivity contribution in [1.29, 1.82) is 0 Å². The van der Waals surface area contributed by atoms with E-state index in [1.807, 2.05) is 24.4 Å². The molecule has 2 aromatic rings. The third-order valence-corrected chi connectivity index (χ3v) is 5.01. The number of hydrogen-bond donors (Lipinski definition) is 2. The molecule has 7 nitrogen and oxygen atoms in total. The number of amidine groups is 1. The summed E-state index contributed by atoms with van der Waals surface area (Å²) in [6.45, 7) is 0. The lowest BCUT2D eigenvalue weighted by Gasteiger charge is -2.29. The molecule has 1 aromatic heterocycles. The first-order valence-electron chi connectivity index (χ1n) is 8.52. The molecule has 2 atom stereocenters. The number of anilines is 1. The van der Waals surface area contributed by atoms with Gasteiger partial charge in [-0.1, -0.05) is 11.2 Å². The number of nitrogens with one attached hydrogen (secondary N) is 1. The van der Waals surface area contributed by atoms with Gasteiger partial charge in [0.2, 0.25) is 0 Å². The van der Waals surface area contributed by atoms with Crippen LogP contribution in [0.1, 0.15) is 29.2 Å². The van der Waals surface area contributed by atoms with Gasteiger partial charge in [-0.05, 0) is 36.6 Å². The highest BCUT2D eigenvalue weighted by molar-refractivity contribution is 6.31. The summed E-state index contributed by atoms with van der Waals surface area (Å²) < 4.78 is 5.26. The molecule has 2 N–H and O–H groups in total. The Hall–Kier alpha value is -3.35. The zero-order chi connectivity index (χ0) is 17.5. The molecule has 0 amide bonds. The van der Waals surface area contributed by atoms with Crippen LogP contribution in [0.3, 0.4) is 0 Å². The topological polar surface area (TPSA) is 85.7 Å². The lowest BCUT2D eigenvalue weighted by molar-refractivity contribution is 0.318. The molecule has 5 rings (SSSR count). The van der Waals surface area contributed by atoms with Crippen LogP contribution in [-0.4, -0.2) is 34.0 Å².